The molecule has 2 heterocycles. The normalized spacial score (nSPS) is 22.2. The van der Waals surface area contributed by atoms with Gasteiger partial charge in [-0.1, -0.05) is 19.0 Å². The fraction of sp³-hybridized carbons (Fsp3) is 0.833. The predicted octanol–water partition coefficient (Wildman–Crippen LogP) is 1.71. The van der Waals surface area contributed by atoms with Crippen LogP contribution in [-0.2, 0) is 11.2 Å². The quantitative estimate of drug-likeness (QED) is 0.847. The van der Waals surface area contributed by atoms with Crippen molar-refractivity contribution in [2.45, 2.75) is 45.3 Å². The van der Waals surface area contributed by atoms with Crippen LogP contribution in [0.5, 0.6) is 0 Å². The number of hydrogen-bond acceptors (Lipinski definition) is 5. The summed E-state index contributed by atoms with van der Waals surface area (Å²) < 4.78 is 10.8. The summed E-state index contributed by atoms with van der Waals surface area (Å²) in [6.07, 6.45) is 2.89. The summed E-state index contributed by atoms with van der Waals surface area (Å²) in [6.45, 7) is 5.16. The molecular weight excluding hydrogens is 218 g/mol. The van der Waals surface area contributed by atoms with Crippen molar-refractivity contribution in [3.05, 3.63) is 11.7 Å². The number of rotatable bonds is 5. The van der Waals surface area contributed by atoms with E-state index in [4.69, 9.17) is 9.26 Å². The molecule has 0 amide bonds. The molecule has 1 aromatic heterocycles. The standard InChI is InChI=1S/C12H21N3O2/c1-8(2)9(13-3)7-11-14-12(15-17-11)10-5-4-6-16-10/h8-10,13H,4-7H2,1-3H3. The molecule has 0 bridgehead atoms. The van der Waals surface area contributed by atoms with E-state index in [0.29, 0.717) is 23.7 Å². The van der Waals surface area contributed by atoms with Gasteiger partial charge in [0.05, 0.1) is 0 Å². The molecule has 0 spiro atoms. The first kappa shape index (κ1) is 12.5. The van der Waals surface area contributed by atoms with E-state index < -0.39 is 0 Å². The van der Waals surface area contributed by atoms with Gasteiger partial charge >= 0.3 is 0 Å². The predicted molar refractivity (Wildman–Crippen MR) is 63.6 cm³/mol. The molecule has 5 heteroatoms. The van der Waals surface area contributed by atoms with Gasteiger partial charge in [-0.25, -0.2) is 0 Å². The van der Waals surface area contributed by atoms with Crippen LogP contribution in [0.3, 0.4) is 0 Å². The molecule has 1 N–H and O–H groups in total. The van der Waals surface area contributed by atoms with Crippen molar-refractivity contribution in [1.82, 2.24) is 15.5 Å². The van der Waals surface area contributed by atoms with Gasteiger partial charge in [-0.3, -0.25) is 0 Å². The van der Waals surface area contributed by atoms with Crippen LogP contribution in [0.15, 0.2) is 4.52 Å². The van der Waals surface area contributed by atoms with Crippen LogP contribution in [0.1, 0.15) is 44.5 Å². The Balaban J connectivity index is 1.97. The summed E-state index contributed by atoms with van der Waals surface area (Å²) in [5.74, 6) is 1.94. The van der Waals surface area contributed by atoms with Crippen LogP contribution >= 0.6 is 0 Å². The highest BCUT2D eigenvalue weighted by Gasteiger charge is 2.24. The number of nitrogens with zero attached hydrogens (tertiary/aromatic N) is 2. The lowest BCUT2D eigenvalue weighted by Crippen LogP contribution is -2.32. The summed E-state index contributed by atoms with van der Waals surface area (Å²) in [5.41, 5.74) is 0. The maximum Gasteiger partial charge on any atom is 0.228 e. The van der Waals surface area contributed by atoms with E-state index in [1.54, 1.807) is 0 Å². The molecule has 17 heavy (non-hydrogen) atoms. The van der Waals surface area contributed by atoms with Gasteiger partial charge in [0.15, 0.2) is 0 Å². The first-order valence-electron chi connectivity index (χ1n) is 6.32. The molecule has 0 radical (unpaired) electrons. The molecule has 0 saturated carbocycles. The highest BCUT2D eigenvalue weighted by atomic mass is 16.5. The highest BCUT2D eigenvalue weighted by Crippen LogP contribution is 2.26. The molecule has 2 atom stereocenters. The fourth-order valence-electron chi connectivity index (χ4n) is 2.12. The minimum atomic E-state index is 0.0413. The molecule has 2 unspecified atom stereocenters. The van der Waals surface area contributed by atoms with Crippen molar-refractivity contribution in [3.8, 4) is 0 Å². The molecular formula is C12H21N3O2. The van der Waals surface area contributed by atoms with Crippen molar-refractivity contribution in [2.24, 2.45) is 5.92 Å². The van der Waals surface area contributed by atoms with Gasteiger partial charge in [-0.05, 0) is 25.8 Å². The zero-order valence-electron chi connectivity index (χ0n) is 10.8. The largest absolute Gasteiger partial charge is 0.370 e. The molecule has 0 aromatic carbocycles. The average molecular weight is 239 g/mol. The summed E-state index contributed by atoms with van der Waals surface area (Å²) in [5, 5.41) is 7.28. The average Bonchev–Trinajstić information content (AvgIpc) is 2.95. The van der Waals surface area contributed by atoms with E-state index in [1.807, 2.05) is 7.05 Å². The number of likely N-dealkylation sites (N-methyl/N-ethyl adjacent to an activating group) is 1. The molecule has 96 valence electrons. The highest BCUT2D eigenvalue weighted by molar-refractivity contribution is 4.95. The Morgan fingerprint density at radius 2 is 2.29 bits per heavy atom. The Kier molecular flexibility index (Phi) is 4.12. The number of ether oxygens (including phenoxy) is 1. The SMILES string of the molecule is CNC(Cc1nc(C2CCCO2)no1)C(C)C. The van der Waals surface area contributed by atoms with Crippen LogP contribution in [0.2, 0.25) is 0 Å². The third-order valence-corrected chi connectivity index (χ3v) is 3.27. The van der Waals surface area contributed by atoms with Gasteiger partial charge in [0.25, 0.3) is 0 Å². The Hall–Kier alpha value is -0.940. The van der Waals surface area contributed by atoms with Gasteiger partial charge in [0.1, 0.15) is 6.10 Å². The van der Waals surface area contributed by atoms with Crippen LogP contribution in [0.25, 0.3) is 0 Å². The first-order valence-corrected chi connectivity index (χ1v) is 6.32. The molecule has 1 aliphatic heterocycles. The topological polar surface area (TPSA) is 60.2 Å². The van der Waals surface area contributed by atoms with Gasteiger partial charge in [-0.15, -0.1) is 0 Å². The van der Waals surface area contributed by atoms with Crippen LogP contribution in [0, 0.1) is 5.92 Å². The molecule has 1 fully saturated rings. The molecule has 0 aliphatic carbocycles. The van der Waals surface area contributed by atoms with Gasteiger partial charge < -0.3 is 14.6 Å². The van der Waals surface area contributed by atoms with E-state index in [-0.39, 0.29) is 6.10 Å². The third kappa shape index (κ3) is 3.04. The minimum absolute atomic E-state index is 0.0413. The molecule has 1 saturated heterocycles. The maximum atomic E-state index is 5.53. The van der Waals surface area contributed by atoms with E-state index in [1.165, 1.54) is 0 Å². The second-order valence-corrected chi connectivity index (χ2v) is 4.89. The van der Waals surface area contributed by atoms with E-state index in [2.05, 4.69) is 29.3 Å². The van der Waals surface area contributed by atoms with Crippen LogP contribution < -0.4 is 5.32 Å². The fourth-order valence-corrected chi connectivity index (χ4v) is 2.12. The second-order valence-electron chi connectivity index (χ2n) is 4.89. The zero-order chi connectivity index (χ0) is 12.3. The minimum Gasteiger partial charge on any atom is -0.370 e. The monoisotopic (exact) mass is 239 g/mol. The van der Waals surface area contributed by atoms with Crippen molar-refractivity contribution in [1.29, 1.82) is 0 Å². The van der Waals surface area contributed by atoms with E-state index in [9.17, 15) is 0 Å². The van der Waals surface area contributed by atoms with Gasteiger partial charge in [0.2, 0.25) is 11.7 Å². The van der Waals surface area contributed by atoms with Crippen LogP contribution in [0.4, 0.5) is 0 Å². The van der Waals surface area contributed by atoms with Gasteiger partial charge in [0, 0.05) is 19.1 Å². The second kappa shape index (κ2) is 5.60. The van der Waals surface area contributed by atoms with E-state index in [0.717, 1.165) is 25.9 Å². The molecule has 1 aromatic rings. The summed E-state index contributed by atoms with van der Waals surface area (Å²) >= 11 is 0. The molecule has 2 rings (SSSR count). The lowest BCUT2D eigenvalue weighted by molar-refractivity contribution is 0.103. The van der Waals surface area contributed by atoms with Crippen molar-refractivity contribution >= 4 is 0 Å². The van der Waals surface area contributed by atoms with E-state index >= 15 is 0 Å². The number of nitrogens with one attached hydrogen (secondary N) is 1. The van der Waals surface area contributed by atoms with Crippen LogP contribution in [-0.4, -0.2) is 29.8 Å². The Bertz CT molecular complexity index is 345. The number of aromatic nitrogens is 2. The maximum absolute atomic E-state index is 5.53. The third-order valence-electron chi connectivity index (χ3n) is 3.27. The zero-order valence-corrected chi connectivity index (χ0v) is 10.8. The molecule has 1 aliphatic rings. The Morgan fingerprint density at radius 1 is 1.47 bits per heavy atom. The Labute approximate surface area is 102 Å². The summed E-state index contributed by atoms with van der Waals surface area (Å²) in [4.78, 5) is 4.42. The molecule has 5 nitrogen and oxygen atoms in total. The smallest absolute Gasteiger partial charge is 0.228 e. The van der Waals surface area contributed by atoms with Crippen molar-refractivity contribution < 1.29 is 9.26 Å². The lowest BCUT2D eigenvalue weighted by Gasteiger charge is -2.17. The van der Waals surface area contributed by atoms with Crippen molar-refractivity contribution in [2.75, 3.05) is 13.7 Å². The number of hydrogen-bond donors (Lipinski definition) is 1. The summed E-state index contributed by atoms with van der Waals surface area (Å²) in [6, 6.07) is 0.368. The van der Waals surface area contributed by atoms with Crippen molar-refractivity contribution in [3.63, 3.8) is 0 Å². The summed E-state index contributed by atoms with van der Waals surface area (Å²) in [7, 11) is 1.96. The van der Waals surface area contributed by atoms with Gasteiger partial charge in [-0.2, -0.15) is 4.98 Å². The Morgan fingerprint density at radius 3 is 2.88 bits per heavy atom. The lowest BCUT2D eigenvalue weighted by atomic mass is 10.0. The first-order chi connectivity index (χ1) is 8.20.